The maximum Gasteiger partial charge on any atom is 0.287 e. The van der Waals surface area contributed by atoms with Crippen molar-refractivity contribution in [1.29, 1.82) is 0 Å². The Balaban J connectivity index is 1.47. The van der Waals surface area contributed by atoms with Gasteiger partial charge in [-0.3, -0.25) is 4.79 Å². The van der Waals surface area contributed by atoms with Gasteiger partial charge in [-0.05, 0) is 24.8 Å². The van der Waals surface area contributed by atoms with Crippen molar-refractivity contribution in [2.45, 2.75) is 25.0 Å². The van der Waals surface area contributed by atoms with Gasteiger partial charge in [0, 0.05) is 18.5 Å². The summed E-state index contributed by atoms with van der Waals surface area (Å²) in [6.45, 7) is 3.77. The molecule has 31 heavy (non-hydrogen) atoms. The van der Waals surface area contributed by atoms with E-state index < -0.39 is 0 Å². The van der Waals surface area contributed by atoms with Gasteiger partial charge < -0.3 is 19.8 Å². The summed E-state index contributed by atoms with van der Waals surface area (Å²) in [5.41, 5.74) is 1.29. The summed E-state index contributed by atoms with van der Waals surface area (Å²) in [5.74, 6) is 1.32. The zero-order valence-electron chi connectivity index (χ0n) is 17.6. The summed E-state index contributed by atoms with van der Waals surface area (Å²) in [6.07, 6.45) is 4.69. The fourth-order valence-corrected chi connectivity index (χ4v) is 3.60. The summed E-state index contributed by atoms with van der Waals surface area (Å²) in [5, 5.41) is 13.0. The largest absolute Gasteiger partial charge is 0.493 e. The number of anilines is 1. The minimum absolute atomic E-state index is 0.239. The highest BCUT2D eigenvalue weighted by Gasteiger charge is 2.16. The Morgan fingerprint density at radius 1 is 1.29 bits per heavy atom. The van der Waals surface area contributed by atoms with Crippen molar-refractivity contribution in [3.63, 3.8) is 0 Å². The lowest BCUT2D eigenvalue weighted by Gasteiger charge is -2.08. The highest BCUT2D eigenvalue weighted by atomic mass is 32.2. The average Bonchev–Trinajstić information content (AvgIpc) is 3.41. The number of carbonyl (C=O) groups is 1. The first-order valence-electron chi connectivity index (χ1n) is 10.0. The number of carbonyl (C=O) groups excluding carboxylic acids is 1. The van der Waals surface area contributed by atoms with Gasteiger partial charge in [0.2, 0.25) is 0 Å². The number of methoxy groups -OCH3 is 1. The summed E-state index contributed by atoms with van der Waals surface area (Å²) >= 11 is 1.48. The number of aromatic nitrogens is 4. The molecule has 0 saturated carbocycles. The number of benzene rings is 1. The highest BCUT2D eigenvalue weighted by molar-refractivity contribution is 7.98. The van der Waals surface area contributed by atoms with Crippen LogP contribution in [0, 0.1) is 0 Å². The molecule has 0 aliphatic heterocycles. The lowest BCUT2D eigenvalue weighted by Crippen LogP contribution is -2.27. The van der Waals surface area contributed by atoms with E-state index in [9.17, 15) is 4.79 Å². The minimum Gasteiger partial charge on any atom is -0.493 e. The fraction of sp³-hybridized carbons (Fsp3) is 0.333. The third-order valence-electron chi connectivity index (χ3n) is 4.76. The highest BCUT2D eigenvalue weighted by Crippen LogP contribution is 2.28. The number of thioether (sulfide) groups is 1. The summed E-state index contributed by atoms with van der Waals surface area (Å²) in [6, 6.07) is 7.24. The molecule has 0 atom stereocenters. The monoisotopic (exact) mass is 440 g/mol. The second-order valence-corrected chi connectivity index (χ2v) is 7.61. The van der Waals surface area contributed by atoms with E-state index in [4.69, 9.17) is 9.15 Å². The van der Waals surface area contributed by atoms with E-state index in [0.29, 0.717) is 29.6 Å². The number of fused-ring (bicyclic) bond motifs is 2. The second-order valence-electron chi connectivity index (χ2n) is 6.84. The van der Waals surface area contributed by atoms with Crippen LogP contribution in [0.1, 0.15) is 23.9 Å². The number of rotatable bonds is 9. The van der Waals surface area contributed by atoms with Crippen LogP contribution >= 0.6 is 11.8 Å². The van der Waals surface area contributed by atoms with Crippen molar-refractivity contribution in [3.05, 3.63) is 36.2 Å². The number of hydrogen-bond donors (Lipinski definition) is 2. The summed E-state index contributed by atoms with van der Waals surface area (Å²) < 4.78 is 12.8. The quantitative estimate of drug-likeness (QED) is 0.301. The molecule has 0 bridgehead atoms. The van der Waals surface area contributed by atoms with Crippen molar-refractivity contribution < 1.29 is 13.9 Å². The van der Waals surface area contributed by atoms with Crippen molar-refractivity contribution >= 4 is 45.5 Å². The molecule has 4 aromatic rings. The molecule has 0 aliphatic carbocycles. The van der Waals surface area contributed by atoms with Gasteiger partial charge in [-0.15, -0.1) is 0 Å². The van der Waals surface area contributed by atoms with Gasteiger partial charge in [0.25, 0.3) is 5.91 Å². The van der Waals surface area contributed by atoms with Crippen molar-refractivity contribution in [1.82, 2.24) is 25.1 Å². The van der Waals surface area contributed by atoms with Gasteiger partial charge in [-0.25, -0.2) is 14.6 Å². The molecule has 4 rings (SSSR count). The first-order valence-corrected chi connectivity index (χ1v) is 11.2. The number of ether oxygens (including phenoxy) is 1. The Labute approximate surface area is 183 Å². The molecule has 1 amide bonds. The molecule has 9 nitrogen and oxygen atoms in total. The van der Waals surface area contributed by atoms with Gasteiger partial charge in [0.05, 0.1) is 25.2 Å². The van der Waals surface area contributed by atoms with Crippen molar-refractivity contribution in [2.75, 3.05) is 31.8 Å². The van der Waals surface area contributed by atoms with E-state index >= 15 is 0 Å². The van der Waals surface area contributed by atoms with E-state index in [1.165, 1.54) is 11.8 Å². The number of para-hydroxylation sites is 1. The van der Waals surface area contributed by atoms with E-state index in [0.717, 1.165) is 35.2 Å². The standard InChI is InChI=1S/C21H24N6O3S/c1-4-8-22-18-14-12-24-27(19(14)26-21(25-18)31-3)10-9-23-20(28)16-11-13-6-5-7-15(29-2)17(13)30-16/h5-7,11-12H,4,8-10H2,1-3H3,(H,23,28)(H,22,25,26). The average molecular weight is 441 g/mol. The molecule has 1 aromatic carbocycles. The predicted octanol–water partition coefficient (Wildman–Crippen LogP) is 3.55. The Morgan fingerprint density at radius 3 is 2.94 bits per heavy atom. The fourth-order valence-electron chi connectivity index (χ4n) is 3.24. The van der Waals surface area contributed by atoms with E-state index in [1.807, 2.05) is 18.4 Å². The SMILES string of the molecule is CCCNc1nc(SC)nc2c1cnn2CCNC(=O)c1cc2cccc(OC)c2o1. The van der Waals surface area contributed by atoms with Crippen molar-refractivity contribution in [3.8, 4) is 5.75 Å². The molecule has 0 unspecified atom stereocenters. The normalized spacial score (nSPS) is 11.2. The van der Waals surface area contributed by atoms with Crippen LogP contribution in [0.3, 0.4) is 0 Å². The molecular formula is C21H24N6O3S. The van der Waals surface area contributed by atoms with Gasteiger partial charge >= 0.3 is 0 Å². The molecule has 0 spiro atoms. The molecule has 0 fully saturated rings. The molecule has 3 heterocycles. The van der Waals surface area contributed by atoms with Crippen LogP contribution in [0.2, 0.25) is 0 Å². The van der Waals surface area contributed by atoms with Gasteiger partial charge in [-0.2, -0.15) is 5.10 Å². The van der Waals surface area contributed by atoms with Crippen LogP contribution in [0.5, 0.6) is 5.75 Å². The minimum atomic E-state index is -0.292. The molecule has 0 aliphatic rings. The third-order valence-corrected chi connectivity index (χ3v) is 5.31. The van der Waals surface area contributed by atoms with Gasteiger partial charge in [0.1, 0.15) is 5.82 Å². The van der Waals surface area contributed by atoms with Crippen LogP contribution in [0.25, 0.3) is 22.0 Å². The van der Waals surface area contributed by atoms with Crippen LogP contribution in [0.15, 0.2) is 40.0 Å². The van der Waals surface area contributed by atoms with E-state index in [1.54, 1.807) is 30.1 Å². The van der Waals surface area contributed by atoms with E-state index in [2.05, 4.69) is 32.6 Å². The smallest absolute Gasteiger partial charge is 0.287 e. The Hall–Kier alpha value is -3.27. The lowest BCUT2D eigenvalue weighted by molar-refractivity contribution is 0.0926. The number of amides is 1. The molecule has 0 radical (unpaired) electrons. The molecule has 2 N–H and O–H groups in total. The lowest BCUT2D eigenvalue weighted by atomic mass is 10.2. The van der Waals surface area contributed by atoms with E-state index in [-0.39, 0.29) is 11.7 Å². The van der Waals surface area contributed by atoms with Crippen LogP contribution < -0.4 is 15.4 Å². The molecular weight excluding hydrogens is 416 g/mol. The van der Waals surface area contributed by atoms with Crippen LogP contribution in [0.4, 0.5) is 5.82 Å². The zero-order chi connectivity index (χ0) is 21.8. The van der Waals surface area contributed by atoms with Crippen LogP contribution in [-0.4, -0.2) is 52.1 Å². The van der Waals surface area contributed by atoms with Crippen molar-refractivity contribution in [2.24, 2.45) is 0 Å². The molecule has 0 saturated heterocycles. The third kappa shape index (κ3) is 4.29. The zero-order valence-corrected chi connectivity index (χ0v) is 18.5. The Bertz CT molecular complexity index is 1220. The van der Waals surface area contributed by atoms with Gasteiger partial charge in [0.15, 0.2) is 27.9 Å². The molecule has 10 heteroatoms. The maximum absolute atomic E-state index is 12.6. The van der Waals surface area contributed by atoms with Gasteiger partial charge in [-0.1, -0.05) is 30.8 Å². The number of hydrogen-bond acceptors (Lipinski definition) is 8. The number of furan rings is 1. The first kappa shape index (κ1) is 21.0. The predicted molar refractivity (Wildman–Crippen MR) is 121 cm³/mol. The first-order chi connectivity index (χ1) is 15.1. The Kier molecular flexibility index (Phi) is 6.26. The molecule has 3 aromatic heterocycles. The molecule has 162 valence electrons. The Morgan fingerprint density at radius 2 is 2.16 bits per heavy atom. The second kappa shape index (κ2) is 9.25. The summed E-state index contributed by atoms with van der Waals surface area (Å²) in [4.78, 5) is 21.7. The summed E-state index contributed by atoms with van der Waals surface area (Å²) in [7, 11) is 1.57. The number of nitrogens with zero attached hydrogens (tertiary/aromatic N) is 4. The maximum atomic E-state index is 12.6. The number of nitrogens with one attached hydrogen (secondary N) is 2. The van der Waals surface area contributed by atoms with Crippen LogP contribution in [-0.2, 0) is 6.54 Å². The topological polar surface area (TPSA) is 107 Å².